The highest BCUT2D eigenvalue weighted by atomic mass is 16.5. The summed E-state index contributed by atoms with van der Waals surface area (Å²) >= 11 is 0. The Labute approximate surface area is 178 Å². The molecule has 3 aromatic carbocycles. The van der Waals surface area contributed by atoms with Crippen LogP contribution in [0.3, 0.4) is 0 Å². The fraction of sp³-hybridized carbons (Fsp3) is 0.269. The zero-order valence-electron chi connectivity index (χ0n) is 17.4. The molecule has 4 heteroatoms. The molecule has 4 nitrogen and oxygen atoms in total. The Hall–Kier alpha value is -3.11. The Balaban J connectivity index is 1.29. The first-order valence-electron chi connectivity index (χ1n) is 10.6. The molecular formula is C26H28N2O2. The maximum absolute atomic E-state index is 12.5. The van der Waals surface area contributed by atoms with Crippen LogP contribution in [0.2, 0.25) is 0 Å². The molecular weight excluding hydrogens is 372 g/mol. The minimum atomic E-state index is -0.0534. The summed E-state index contributed by atoms with van der Waals surface area (Å²) in [6.07, 6.45) is 1.10. The van der Waals surface area contributed by atoms with Gasteiger partial charge >= 0.3 is 0 Å². The van der Waals surface area contributed by atoms with Crippen molar-refractivity contribution in [1.82, 2.24) is 10.2 Å². The number of carbonyl (C=O) groups excluding carboxylic acids is 1. The zero-order valence-corrected chi connectivity index (χ0v) is 17.4. The van der Waals surface area contributed by atoms with Crippen LogP contribution in [0.15, 0.2) is 72.8 Å². The zero-order chi connectivity index (χ0) is 20.8. The third kappa shape index (κ3) is 5.08. The fourth-order valence-electron chi connectivity index (χ4n) is 3.86. The van der Waals surface area contributed by atoms with Crippen LogP contribution in [0.1, 0.15) is 39.5 Å². The van der Waals surface area contributed by atoms with Crippen molar-refractivity contribution in [2.45, 2.75) is 33.0 Å². The molecule has 0 aliphatic carbocycles. The Kier molecular flexibility index (Phi) is 6.45. The molecule has 4 rings (SSSR count). The molecule has 0 aromatic heterocycles. The molecule has 0 atom stereocenters. The molecule has 1 heterocycles. The second-order valence-corrected chi connectivity index (χ2v) is 7.69. The standard InChI is InChI=1S/C26H28N2O2/c1-2-30-25-13-9-20(10-14-25)17-27-26(29)23-11-7-21(8-12-23)18-28-16-15-22-5-3-4-6-24(22)19-28/h3-14H,2,15-19H2,1H3,(H,27,29). The van der Waals surface area contributed by atoms with Gasteiger partial charge in [-0.25, -0.2) is 0 Å². The van der Waals surface area contributed by atoms with Crippen molar-refractivity contribution in [2.75, 3.05) is 13.2 Å². The van der Waals surface area contributed by atoms with Crippen LogP contribution in [0.4, 0.5) is 0 Å². The summed E-state index contributed by atoms with van der Waals surface area (Å²) in [5.41, 5.74) is 5.86. The summed E-state index contributed by atoms with van der Waals surface area (Å²) in [6.45, 7) is 6.08. The van der Waals surface area contributed by atoms with Crippen LogP contribution >= 0.6 is 0 Å². The Morgan fingerprint density at radius 1 is 0.933 bits per heavy atom. The molecule has 0 saturated carbocycles. The van der Waals surface area contributed by atoms with E-state index in [4.69, 9.17) is 4.74 Å². The normalized spacial score (nSPS) is 13.5. The van der Waals surface area contributed by atoms with Crippen molar-refractivity contribution in [3.8, 4) is 5.75 Å². The predicted octanol–water partition coefficient (Wildman–Crippen LogP) is 4.57. The SMILES string of the molecule is CCOc1ccc(CNC(=O)c2ccc(CN3CCc4ccccc4C3)cc2)cc1. The molecule has 0 fully saturated rings. The average molecular weight is 401 g/mol. The molecule has 0 unspecified atom stereocenters. The third-order valence-electron chi connectivity index (χ3n) is 5.52. The number of nitrogens with one attached hydrogen (secondary N) is 1. The van der Waals surface area contributed by atoms with Gasteiger partial charge in [-0.15, -0.1) is 0 Å². The number of hydrogen-bond donors (Lipinski definition) is 1. The molecule has 30 heavy (non-hydrogen) atoms. The first kappa shape index (κ1) is 20.2. The van der Waals surface area contributed by atoms with Gasteiger partial charge < -0.3 is 10.1 Å². The number of fused-ring (bicyclic) bond motifs is 1. The molecule has 1 N–H and O–H groups in total. The second kappa shape index (κ2) is 9.59. The molecule has 154 valence electrons. The minimum absolute atomic E-state index is 0.0534. The van der Waals surface area contributed by atoms with Gasteiger partial charge in [0.1, 0.15) is 5.75 Å². The highest BCUT2D eigenvalue weighted by molar-refractivity contribution is 5.94. The van der Waals surface area contributed by atoms with Crippen molar-refractivity contribution < 1.29 is 9.53 Å². The summed E-state index contributed by atoms with van der Waals surface area (Å²) in [5, 5.41) is 2.99. The van der Waals surface area contributed by atoms with E-state index in [1.54, 1.807) is 0 Å². The van der Waals surface area contributed by atoms with Gasteiger partial charge in [0.15, 0.2) is 0 Å². The van der Waals surface area contributed by atoms with E-state index in [1.807, 2.05) is 43.3 Å². The number of amides is 1. The maximum Gasteiger partial charge on any atom is 0.251 e. The lowest BCUT2D eigenvalue weighted by atomic mass is 9.99. The quantitative estimate of drug-likeness (QED) is 0.631. The highest BCUT2D eigenvalue weighted by Crippen LogP contribution is 2.20. The highest BCUT2D eigenvalue weighted by Gasteiger charge is 2.16. The van der Waals surface area contributed by atoms with Crippen LogP contribution in [0.5, 0.6) is 5.75 Å². The first-order chi connectivity index (χ1) is 14.7. The van der Waals surface area contributed by atoms with Gasteiger partial charge in [-0.3, -0.25) is 9.69 Å². The monoisotopic (exact) mass is 400 g/mol. The van der Waals surface area contributed by atoms with E-state index in [1.165, 1.54) is 16.7 Å². The summed E-state index contributed by atoms with van der Waals surface area (Å²) in [5.74, 6) is 0.794. The van der Waals surface area contributed by atoms with Crippen LogP contribution in [0.25, 0.3) is 0 Å². The van der Waals surface area contributed by atoms with Crippen molar-refractivity contribution in [2.24, 2.45) is 0 Å². The predicted molar refractivity (Wildman–Crippen MR) is 119 cm³/mol. The van der Waals surface area contributed by atoms with Crippen molar-refractivity contribution >= 4 is 5.91 Å². The van der Waals surface area contributed by atoms with Gasteiger partial charge in [-0.05, 0) is 59.9 Å². The molecule has 3 aromatic rings. The van der Waals surface area contributed by atoms with Crippen LogP contribution < -0.4 is 10.1 Å². The molecule has 1 aliphatic rings. The lowest BCUT2D eigenvalue weighted by Gasteiger charge is -2.28. The largest absolute Gasteiger partial charge is 0.494 e. The summed E-state index contributed by atoms with van der Waals surface area (Å²) in [4.78, 5) is 14.9. The van der Waals surface area contributed by atoms with Crippen molar-refractivity contribution in [1.29, 1.82) is 0 Å². The average Bonchev–Trinajstić information content (AvgIpc) is 2.79. The van der Waals surface area contributed by atoms with Gasteiger partial charge in [-0.1, -0.05) is 48.5 Å². The molecule has 1 amide bonds. The van der Waals surface area contributed by atoms with Crippen molar-refractivity contribution in [3.05, 3.63) is 101 Å². The van der Waals surface area contributed by atoms with E-state index in [0.29, 0.717) is 18.7 Å². The fourth-order valence-corrected chi connectivity index (χ4v) is 3.86. The van der Waals surface area contributed by atoms with Gasteiger partial charge in [0.2, 0.25) is 0 Å². The topological polar surface area (TPSA) is 41.6 Å². The third-order valence-corrected chi connectivity index (χ3v) is 5.52. The number of nitrogens with zero attached hydrogens (tertiary/aromatic N) is 1. The lowest BCUT2D eigenvalue weighted by Crippen LogP contribution is -2.30. The van der Waals surface area contributed by atoms with Gasteiger partial charge in [0.05, 0.1) is 6.61 Å². The van der Waals surface area contributed by atoms with Crippen LogP contribution in [-0.4, -0.2) is 24.0 Å². The minimum Gasteiger partial charge on any atom is -0.494 e. The van der Waals surface area contributed by atoms with Gasteiger partial charge in [0, 0.05) is 31.7 Å². The molecule has 0 bridgehead atoms. The second-order valence-electron chi connectivity index (χ2n) is 7.69. The lowest BCUT2D eigenvalue weighted by molar-refractivity contribution is 0.0951. The summed E-state index contributed by atoms with van der Waals surface area (Å²) in [6, 6.07) is 24.5. The van der Waals surface area contributed by atoms with Crippen LogP contribution in [-0.2, 0) is 26.1 Å². The van der Waals surface area contributed by atoms with Crippen LogP contribution in [0, 0.1) is 0 Å². The Morgan fingerprint density at radius 3 is 2.37 bits per heavy atom. The number of ether oxygens (including phenoxy) is 1. The summed E-state index contributed by atoms with van der Waals surface area (Å²) < 4.78 is 5.45. The summed E-state index contributed by atoms with van der Waals surface area (Å²) in [7, 11) is 0. The van der Waals surface area contributed by atoms with E-state index < -0.39 is 0 Å². The van der Waals surface area contributed by atoms with E-state index in [9.17, 15) is 4.79 Å². The smallest absolute Gasteiger partial charge is 0.251 e. The molecule has 1 aliphatic heterocycles. The number of hydrogen-bond acceptors (Lipinski definition) is 3. The Morgan fingerprint density at radius 2 is 1.63 bits per heavy atom. The van der Waals surface area contributed by atoms with E-state index in [2.05, 4.69) is 46.6 Å². The van der Waals surface area contributed by atoms with E-state index >= 15 is 0 Å². The van der Waals surface area contributed by atoms with E-state index in [0.717, 1.165) is 37.4 Å². The van der Waals surface area contributed by atoms with Gasteiger partial charge in [-0.2, -0.15) is 0 Å². The maximum atomic E-state index is 12.5. The Bertz CT molecular complexity index is 981. The molecule has 0 saturated heterocycles. The number of rotatable bonds is 7. The van der Waals surface area contributed by atoms with Crippen molar-refractivity contribution in [3.63, 3.8) is 0 Å². The number of benzene rings is 3. The number of carbonyl (C=O) groups is 1. The molecule has 0 spiro atoms. The van der Waals surface area contributed by atoms with E-state index in [-0.39, 0.29) is 5.91 Å². The van der Waals surface area contributed by atoms with Gasteiger partial charge in [0.25, 0.3) is 5.91 Å². The molecule has 0 radical (unpaired) electrons. The first-order valence-corrected chi connectivity index (χ1v) is 10.6.